The normalized spacial score (nSPS) is 17.0. The van der Waals surface area contributed by atoms with Gasteiger partial charge in [-0.1, -0.05) is 0 Å². The number of aryl methyl sites for hydroxylation is 2. The summed E-state index contributed by atoms with van der Waals surface area (Å²) in [4.78, 5) is 18.7. The van der Waals surface area contributed by atoms with Crippen molar-refractivity contribution in [1.82, 2.24) is 14.8 Å². The van der Waals surface area contributed by atoms with E-state index in [0.29, 0.717) is 18.0 Å². The number of anilines is 1. The molecule has 2 aromatic heterocycles. The van der Waals surface area contributed by atoms with E-state index < -0.39 is 0 Å². The molecule has 2 aliphatic rings. The van der Waals surface area contributed by atoms with Crippen LogP contribution in [0.5, 0.6) is 0 Å². The van der Waals surface area contributed by atoms with Crippen molar-refractivity contribution in [3.8, 4) is 6.07 Å². The van der Waals surface area contributed by atoms with Gasteiger partial charge in [-0.15, -0.1) is 0 Å². The molecular formula is C18H19N5O. The molecule has 6 heteroatoms. The molecule has 24 heavy (non-hydrogen) atoms. The summed E-state index contributed by atoms with van der Waals surface area (Å²) in [6.45, 7) is 2.23. The second-order valence-corrected chi connectivity index (χ2v) is 6.60. The Morgan fingerprint density at radius 3 is 2.92 bits per heavy atom. The Morgan fingerprint density at radius 2 is 2.12 bits per heavy atom. The van der Waals surface area contributed by atoms with E-state index in [1.807, 2.05) is 6.07 Å². The quantitative estimate of drug-likeness (QED) is 0.857. The Labute approximate surface area is 140 Å². The molecule has 1 aliphatic heterocycles. The third-order valence-corrected chi connectivity index (χ3v) is 4.87. The fraction of sp³-hybridized carbons (Fsp3) is 0.444. The van der Waals surface area contributed by atoms with E-state index >= 15 is 0 Å². The maximum Gasteiger partial charge on any atom is 0.266 e. The molecule has 4 rings (SSSR count). The van der Waals surface area contributed by atoms with Crippen LogP contribution < -0.4 is 10.5 Å². The average molecular weight is 321 g/mol. The molecule has 3 heterocycles. The third-order valence-electron chi connectivity index (χ3n) is 4.87. The number of nitrogens with zero attached hydrogens (tertiary/aromatic N) is 5. The van der Waals surface area contributed by atoms with Crippen molar-refractivity contribution in [3.05, 3.63) is 51.6 Å². The minimum Gasteiger partial charge on any atom is -0.355 e. The summed E-state index contributed by atoms with van der Waals surface area (Å²) < 4.78 is 1.51. The maximum atomic E-state index is 11.7. The van der Waals surface area contributed by atoms with Crippen LogP contribution in [0.3, 0.4) is 0 Å². The van der Waals surface area contributed by atoms with Crippen molar-refractivity contribution in [3.63, 3.8) is 0 Å². The summed E-state index contributed by atoms with van der Waals surface area (Å²) in [6, 6.07) is 7.50. The van der Waals surface area contributed by atoms with Crippen LogP contribution in [0.2, 0.25) is 0 Å². The minimum atomic E-state index is -0.0689. The molecule has 0 radical (unpaired) electrons. The maximum absolute atomic E-state index is 11.7. The lowest BCUT2D eigenvalue weighted by atomic mass is 9.93. The fourth-order valence-electron chi connectivity index (χ4n) is 3.57. The molecule has 0 saturated carbocycles. The van der Waals surface area contributed by atoms with Crippen molar-refractivity contribution >= 4 is 5.82 Å². The molecule has 1 fully saturated rings. The summed E-state index contributed by atoms with van der Waals surface area (Å²) in [5.41, 5.74) is 2.99. The van der Waals surface area contributed by atoms with Crippen molar-refractivity contribution < 1.29 is 0 Å². The molecule has 0 atom stereocenters. The highest BCUT2D eigenvalue weighted by atomic mass is 16.1. The smallest absolute Gasteiger partial charge is 0.266 e. The topological polar surface area (TPSA) is 74.8 Å². The number of fused-ring (bicyclic) bond motifs is 1. The molecule has 2 aromatic rings. The summed E-state index contributed by atoms with van der Waals surface area (Å²) in [6.07, 6.45) is 6.04. The zero-order chi connectivity index (χ0) is 16.5. The van der Waals surface area contributed by atoms with Gasteiger partial charge in [-0.05, 0) is 43.4 Å². The summed E-state index contributed by atoms with van der Waals surface area (Å²) in [5, 5.41) is 13.6. The van der Waals surface area contributed by atoms with E-state index in [9.17, 15) is 10.1 Å². The molecule has 0 aromatic carbocycles. The van der Waals surface area contributed by atoms with Gasteiger partial charge in [0.2, 0.25) is 0 Å². The Bertz CT molecular complexity index is 860. The van der Waals surface area contributed by atoms with Gasteiger partial charge in [-0.2, -0.15) is 10.4 Å². The van der Waals surface area contributed by atoms with Gasteiger partial charge < -0.3 is 4.90 Å². The predicted octanol–water partition coefficient (Wildman–Crippen LogP) is 1.53. The molecule has 0 N–H and O–H groups in total. The Balaban J connectivity index is 1.50. The van der Waals surface area contributed by atoms with Crippen LogP contribution in [0, 0.1) is 17.2 Å². The molecule has 0 bridgehead atoms. The van der Waals surface area contributed by atoms with Crippen LogP contribution >= 0.6 is 0 Å². The van der Waals surface area contributed by atoms with Crippen molar-refractivity contribution in [2.75, 3.05) is 18.0 Å². The van der Waals surface area contributed by atoms with Gasteiger partial charge in [-0.3, -0.25) is 4.79 Å². The fourth-order valence-corrected chi connectivity index (χ4v) is 3.57. The zero-order valence-corrected chi connectivity index (χ0v) is 13.5. The second-order valence-electron chi connectivity index (χ2n) is 6.60. The van der Waals surface area contributed by atoms with Crippen molar-refractivity contribution in [1.29, 1.82) is 5.26 Å². The van der Waals surface area contributed by atoms with Crippen LogP contribution in [0.15, 0.2) is 29.2 Å². The molecule has 0 amide bonds. The van der Waals surface area contributed by atoms with Crippen LogP contribution in [0.25, 0.3) is 0 Å². The lowest BCUT2D eigenvalue weighted by Crippen LogP contribution is -2.50. The van der Waals surface area contributed by atoms with E-state index in [1.165, 1.54) is 29.2 Å². The lowest BCUT2D eigenvalue weighted by Gasteiger charge is -2.40. The lowest BCUT2D eigenvalue weighted by molar-refractivity contribution is 0.332. The van der Waals surface area contributed by atoms with E-state index in [-0.39, 0.29) is 5.56 Å². The highest BCUT2D eigenvalue weighted by Crippen LogP contribution is 2.30. The van der Waals surface area contributed by atoms with E-state index in [2.05, 4.69) is 16.1 Å². The van der Waals surface area contributed by atoms with Gasteiger partial charge in [0.25, 0.3) is 5.56 Å². The van der Waals surface area contributed by atoms with Gasteiger partial charge in [0.15, 0.2) is 0 Å². The Morgan fingerprint density at radius 1 is 1.29 bits per heavy atom. The average Bonchev–Trinajstić information content (AvgIpc) is 2.58. The van der Waals surface area contributed by atoms with Gasteiger partial charge in [0.05, 0.1) is 12.1 Å². The largest absolute Gasteiger partial charge is 0.355 e. The summed E-state index contributed by atoms with van der Waals surface area (Å²) >= 11 is 0. The molecule has 6 nitrogen and oxygen atoms in total. The minimum absolute atomic E-state index is 0.0689. The number of pyridine rings is 1. The molecule has 1 saturated heterocycles. The summed E-state index contributed by atoms with van der Waals surface area (Å²) in [7, 11) is 0. The van der Waals surface area contributed by atoms with Crippen LogP contribution in [-0.4, -0.2) is 27.9 Å². The second kappa shape index (κ2) is 6.08. The first kappa shape index (κ1) is 14.9. The molecule has 0 unspecified atom stereocenters. The molecule has 0 spiro atoms. The van der Waals surface area contributed by atoms with Crippen molar-refractivity contribution in [2.45, 2.75) is 32.2 Å². The van der Waals surface area contributed by atoms with Gasteiger partial charge in [-0.25, -0.2) is 9.67 Å². The zero-order valence-electron chi connectivity index (χ0n) is 13.5. The Hall–Kier alpha value is -2.68. The molecular weight excluding hydrogens is 302 g/mol. The number of aromatic nitrogens is 3. The van der Waals surface area contributed by atoms with Gasteiger partial charge in [0, 0.05) is 37.0 Å². The summed E-state index contributed by atoms with van der Waals surface area (Å²) in [5.74, 6) is 1.17. The number of hydrogen-bond acceptors (Lipinski definition) is 5. The highest BCUT2D eigenvalue weighted by molar-refractivity contribution is 5.57. The Kier molecular flexibility index (Phi) is 3.77. The third kappa shape index (κ3) is 2.67. The molecule has 1 aliphatic carbocycles. The van der Waals surface area contributed by atoms with E-state index in [0.717, 1.165) is 37.4 Å². The monoisotopic (exact) mass is 321 g/mol. The van der Waals surface area contributed by atoms with E-state index in [4.69, 9.17) is 4.98 Å². The van der Waals surface area contributed by atoms with Crippen LogP contribution in [-0.2, 0) is 19.4 Å². The first-order chi connectivity index (χ1) is 11.7. The standard InChI is InChI=1S/C18H19N5O/c19-9-15-8-14-4-1-2-5-16(14)21-18(15)22-10-13(11-22)12-23-17(24)6-3-7-20-23/h3,6-8,13H,1-2,4-5,10-12H2. The first-order valence-electron chi connectivity index (χ1n) is 8.44. The number of hydrogen-bond donors (Lipinski definition) is 0. The van der Waals surface area contributed by atoms with Crippen molar-refractivity contribution in [2.24, 2.45) is 5.92 Å². The number of rotatable bonds is 3. The predicted molar refractivity (Wildman–Crippen MR) is 89.8 cm³/mol. The SMILES string of the molecule is N#Cc1cc2c(nc1N1CC(Cn3ncccc3=O)C1)CCCC2. The van der Waals surface area contributed by atoms with E-state index in [1.54, 1.807) is 12.3 Å². The van der Waals surface area contributed by atoms with Gasteiger partial charge >= 0.3 is 0 Å². The van der Waals surface area contributed by atoms with Crippen LogP contribution in [0.1, 0.15) is 29.7 Å². The van der Waals surface area contributed by atoms with Gasteiger partial charge in [0.1, 0.15) is 11.9 Å². The first-order valence-corrected chi connectivity index (χ1v) is 8.44. The highest BCUT2D eigenvalue weighted by Gasteiger charge is 2.31. The number of nitriles is 1. The van der Waals surface area contributed by atoms with Crippen LogP contribution in [0.4, 0.5) is 5.82 Å². The molecule has 122 valence electrons.